The van der Waals surface area contributed by atoms with Gasteiger partial charge in [-0.25, -0.2) is 0 Å². The van der Waals surface area contributed by atoms with Crippen LogP contribution in [-0.2, 0) is 4.79 Å². The van der Waals surface area contributed by atoms with Crippen molar-refractivity contribution in [1.29, 1.82) is 0 Å². The fourth-order valence-corrected chi connectivity index (χ4v) is 2.04. The molecule has 0 saturated heterocycles. The number of aliphatic hydroxyl groups is 1. The third-order valence-electron chi connectivity index (χ3n) is 3.08. The highest BCUT2D eigenvalue weighted by Crippen LogP contribution is 2.20. The van der Waals surface area contributed by atoms with E-state index >= 15 is 0 Å². The minimum atomic E-state index is -0.302. The van der Waals surface area contributed by atoms with Gasteiger partial charge in [-0.05, 0) is 18.4 Å². The lowest BCUT2D eigenvalue weighted by Gasteiger charge is -2.19. The van der Waals surface area contributed by atoms with Crippen LogP contribution in [0.3, 0.4) is 0 Å². The smallest absolute Gasteiger partial charge is 0.224 e. The Bertz CT molecular complexity index is 392. The van der Waals surface area contributed by atoms with Crippen molar-refractivity contribution in [2.75, 3.05) is 6.61 Å². The Hall–Kier alpha value is -1.61. The van der Waals surface area contributed by atoms with E-state index in [2.05, 4.69) is 5.32 Å². The fraction of sp³-hybridized carbons (Fsp3) is 0.357. The molecule has 0 saturated carbocycles. The van der Waals surface area contributed by atoms with E-state index in [1.807, 2.05) is 42.5 Å². The largest absolute Gasteiger partial charge is 0.394 e. The quantitative estimate of drug-likeness (QED) is 0.776. The summed E-state index contributed by atoms with van der Waals surface area (Å²) in [6, 6.07) is 9.25. The van der Waals surface area contributed by atoms with E-state index in [1.165, 1.54) is 0 Å². The van der Waals surface area contributed by atoms with E-state index in [-0.39, 0.29) is 24.5 Å². The van der Waals surface area contributed by atoms with Gasteiger partial charge in [-0.2, -0.15) is 0 Å². The van der Waals surface area contributed by atoms with E-state index < -0.39 is 0 Å². The maximum Gasteiger partial charge on any atom is 0.224 e. The van der Waals surface area contributed by atoms with Crippen molar-refractivity contribution in [2.45, 2.75) is 18.9 Å². The van der Waals surface area contributed by atoms with E-state index in [4.69, 9.17) is 0 Å². The van der Waals surface area contributed by atoms with Gasteiger partial charge in [0.15, 0.2) is 0 Å². The minimum Gasteiger partial charge on any atom is -0.394 e. The van der Waals surface area contributed by atoms with Crippen molar-refractivity contribution >= 4 is 5.91 Å². The summed E-state index contributed by atoms with van der Waals surface area (Å²) in [5.41, 5.74) is 0.939. The highest BCUT2D eigenvalue weighted by atomic mass is 16.3. The molecule has 1 aromatic rings. The summed E-state index contributed by atoms with van der Waals surface area (Å²) in [4.78, 5) is 11.9. The number of hydrogen-bond acceptors (Lipinski definition) is 2. The summed E-state index contributed by atoms with van der Waals surface area (Å²) < 4.78 is 0. The average molecular weight is 231 g/mol. The Balaban J connectivity index is 1.98. The molecule has 1 aliphatic rings. The van der Waals surface area contributed by atoms with Gasteiger partial charge in [0.1, 0.15) is 0 Å². The third-order valence-corrected chi connectivity index (χ3v) is 3.08. The molecule has 0 spiro atoms. The fourth-order valence-electron chi connectivity index (χ4n) is 2.04. The first-order valence-electron chi connectivity index (χ1n) is 5.92. The summed E-state index contributed by atoms with van der Waals surface area (Å²) >= 11 is 0. The van der Waals surface area contributed by atoms with Crippen LogP contribution in [0.25, 0.3) is 0 Å². The number of nitrogens with one attached hydrogen (secondary N) is 1. The molecule has 17 heavy (non-hydrogen) atoms. The van der Waals surface area contributed by atoms with Gasteiger partial charge in [-0.3, -0.25) is 4.79 Å². The number of rotatable bonds is 4. The van der Waals surface area contributed by atoms with Crippen molar-refractivity contribution in [3.63, 3.8) is 0 Å². The number of carbonyl (C=O) groups is 1. The molecule has 1 unspecified atom stereocenters. The Morgan fingerprint density at radius 3 is 2.53 bits per heavy atom. The van der Waals surface area contributed by atoms with Crippen LogP contribution < -0.4 is 5.32 Å². The molecule has 90 valence electrons. The minimum absolute atomic E-state index is 0.0258. The first-order chi connectivity index (χ1) is 8.31. The molecule has 3 nitrogen and oxygen atoms in total. The van der Waals surface area contributed by atoms with Crippen LogP contribution in [0.15, 0.2) is 42.5 Å². The Morgan fingerprint density at radius 2 is 1.94 bits per heavy atom. The molecule has 1 aliphatic carbocycles. The summed E-state index contributed by atoms with van der Waals surface area (Å²) in [5.74, 6) is 0.0608. The van der Waals surface area contributed by atoms with Gasteiger partial charge in [0.2, 0.25) is 5.91 Å². The number of amides is 1. The molecule has 0 bridgehead atoms. The molecule has 0 radical (unpaired) electrons. The van der Waals surface area contributed by atoms with Gasteiger partial charge in [0.05, 0.1) is 12.6 Å². The standard InChI is InChI=1S/C14H17NO2/c16-10-13(11-6-2-1-3-7-11)15-14(17)12-8-4-5-9-12/h1-7,12-13,16H,8-10H2,(H,15,17). The summed E-state index contributed by atoms with van der Waals surface area (Å²) in [5, 5.41) is 12.2. The predicted molar refractivity (Wildman–Crippen MR) is 66.3 cm³/mol. The molecule has 2 N–H and O–H groups in total. The number of aliphatic hydroxyl groups excluding tert-OH is 1. The zero-order valence-corrected chi connectivity index (χ0v) is 9.67. The van der Waals surface area contributed by atoms with E-state index in [0.29, 0.717) is 0 Å². The van der Waals surface area contributed by atoms with E-state index in [9.17, 15) is 9.90 Å². The second-order valence-electron chi connectivity index (χ2n) is 4.29. The summed E-state index contributed by atoms with van der Waals surface area (Å²) in [6.45, 7) is -0.0735. The van der Waals surface area contributed by atoms with Crippen LogP contribution in [0.4, 0.5) is 0 Å². The van der Waals surface area contributed by atoms with Crippen LogP contribution >= 0.6 is 0 Å². The molecular weight excluding hydrogens is 214 g/mol. The molecule has 0 heterocycles. The lowest BCUT2D eigenvalue weighted by Crippen LogP contribution is -2.34. The number of hydrogen-bond donors (Lipinski definition) is 2. The van der Waals surface area contributed by atoms with Crippen molar-refractivity contribution < 1.29 is 9.90 Å². The molecule has 1 aromatic carbocycles. The molecule has 2 rings (SSSR count). The van der Waals surface area contributed by atoms with E-state index in [1.54, 1.807) is 0 Å². The maximum absolute atomic E-state index is 11.9. The Kier molecular flexibility index (Phi) is 3.94. The number of benzene rings is 1. The lowest BCUT2D eigenvalue weighted by molar-refractivity contribution is -0.125. The van der Waals surface area contributed by atoms with Gasteiger partial charge in [-0.1, -0.05) is 42.5 Å². The van der Waals surface area contributed by atoms with Crippen LogP contribution in [0.2, 0.25) is 0 Å². The summed E-state index contributed by atoms with van der Waals surface area (Å²) in [6.07, 6.45) is 5.67. The normalized spacial score (nSPS) is 17.0. The molecule has 3 heteroatoms. The van der Waals surface area contributed by atoms with Gasteiger partial charge < -0.3 is 10.4 Å². The van der Waals surface area contributed by atoms with Gasteiger partial charge in [0, 0.05) is 5.92 Å². The number of allylic oxidation sites excluding steroid dienone is 2. The van der Waals surface area contributed by atoms with Crippen LogP contribution in [-0.4, -0.2) is 17.6 Å². The molecule has 0 fully saturated rings. The molecule has 1 atom stereocenters. The lowest BCUT2D eigenvalue weighted by atomic mass is 10.0. The highest BCUT2D eigenvalue weighted by Gasteiger charge is 2.22. The molecule has 0 aromatic heterocycles. The highest BCUT2D eigenvalue weighted by molar-refractivity contribution is 5.80. The van der Waals surface area contributed by atoms with Gasteiger partial charge in [0.25, 0.3) is 0 Å². The van der Waals surface area contributed by atoms with Crippen molar-refractivity contribution in [3.8, 4) is 0 Å². The van der Waals surface area contributed by atoms with E-state index in [0.717, 1.165) is 18.4 Å². The second-order valence-corrected chi connectivity index (χ2v) is 4.29. The topological polar surface area (TPSA) is 49.3 Å². The van der Waals surface area contributed by atoms with Crippen LogP contribution in [0, 0.1) is 5.92 Å². The summed E-state index contributed by atoms with van der Waals surface area (Å²) in [7, 11) is 0. The monoisotopic (exact) mass is 231 g/mol. The van der Waals surface area contributed by atoms with Gasteiger partial charge >= 0.3 is 0 Å². The zero-order valence-electron chi connectivity index (χ0n) is 9.67. The molecule has 0 aliphatic heterocycles. The van der Waals surface area contributed by atoms with Crippen LogP contribution in [0.1, 0.15) is 24.4 Å². The first kappa shape index (κ1) is 11.9. The second kappa shape index (κ2) is 5.64. The SMILES string of the molecule is O=C(NC(CO)c1ccccc1)C1CC=CC1. The Labute approximate surface area is 101 Å². The van der Waals surface area contributed by atoms with Crippen molar-refractivity contribution in [2.24, 2.45) is 5.92 Å². The molecule has 1 amide bonds. The molecular formula is C14H17NO2. The average Bonchev–Trinajstić information content (AvgIpc) is 2.90. The third kappa shape index (κ3) is 2.94. The number of carbonyl (C=O) groups excluding carboxylic acids is 1. The predicted octanol–water partition coefficient (Wildman–Crippen LogP) is 1.80. The van der Waals surface area contributed by atoms with Gasteiger partial charge in [-0.15, -0.1) is 0 Å². The van der Waals surface area contributed by atoms with Crippen LogP contribution in [0.5, 0.6) is 0 Å². The Morgan fingerprint density at radius 1 is 1.29 bits per heavy atom. The maximum atomic E-state index is 11.9. The first-order valence-corrected chi connectivity index (χ1v) is 5.92. The zero-order chi connectivity index (χ0) is 12.1. The van der Waals surface area contributed by atoms with Crippen molar-refractivity contribution in [1.82, 2.24) is 5.32 Å². The van der Waals surface area contributed by atoms with Crippen molar-refractivity contribution in [3.05, 3.63) is 48.0 Å².